The molecule has 11 heavy (non-hydrogen) atoms. The van der Waals surface area contributed by atoms with Crippen LogP contribution in [0.5, 0.6) is 0 Å². The van der Waals surface area contributed by atoms with Gasteiger partial charge in [0, 0.05) is 17.4 Å². The molecule has 0 aromatic heterocycles. The van der Waals surface area contributed by atoms with Gasteiger partial charge in [-0.3, -0.25) is 0 Å². The number of thiol groups is 1. The zero-order valence-corrected chi connectivity index (χ0v) is 8.99. The molecule has 0 nitrogen and oxygen atoms in total. The predicted molar refractivity (Wildman–Crippen MR) is 49.4 cm³/mol. The summed E-state index contributed by atoms with van der Waals surface area (Å²) in [7, 11) is 0. The Morgan fingerprint density at radius 3 is 1.55 bits per heavy atom. The van der Waals surface area contributed by atoms with Gasteiger partial charge in [0.15, 0.2) is 0 Å². The molecule has 0 fully saturated rings. The second-order valence-corrected chi connectivity index (χ2v) is 3.20. The maximum atomic E-state index is 3.97. The second-order valence-electron chi connectivity index (χ2n) is 2.17. The molecule has 1 rings (SSSR count). The van der Waals surface area contributed by atoms with E-state index >= 15 is 0 Å². The van der Waals surface area contributed by atoms with E-state index in [-0.39, 0.29) is 17.4 Å². The van der Waals surface area contributed by atoms with Crippen LogP contribution >= 0.6 is 12.6 Å². The molecule has 2 heteroatoms. The summed E-state index contributed by atoms with van der Waals surface area (Å²) in [5, 5.41) is 0.528. The molecule has 0 unspecified atom stereocenters. The van der Waals surface area contributed by atoms with Gasteiger partial charge in [0.2, 0.25) is 0 Å². The first-order chi connectivity index (χ1) is 4.73. The van der Waals surface area contributed by atoms with Gasteiger partial charge in [-0.2, -0.15) is 49.0 Å². The summed E-state index contributed by atoms with van der Waals surface area (Å²) in [6, 6.07) is 12.5. The third-order valence-electron chi connectivity index (χ3n) is 0.607. The number of rotatable bonds is 0. The van der Waals surface area contributed by atoms with E-state index in [4.69, 9.17) is 0 Å². The third kappa shape index (κ3) is 17.8. The van der Waals surface area contributed by atoms with Crippen molar-refractivity contribution in [3.63, 3.8) is 0 Å². The molecular weight excluding hydrogens is 192 g/mol. The molecule has 62 valence electrons. The Labute approximate surface area is 85.6 Å². The molecule has 0 aliphatic heterocycles. The quantitative estimate of drug-likeness (QED) is 0.488. The van der Waals surface area contributed by atoms with Gasteiger partial charge in [0.05, 0.1) is 0 Å². The van der Waals surface area contributed by atoms with Crippen molar-refractivity contribution in [3.8, 4) is 0 Å². The molecule has 0 saturated carbocycles. The van der Waals surface area contributed by atoms with Crippen molar-refractivity contribution in [3.05, 3.63) is 36.4 Å². The Morgan fingerprint density at radius 2 is 1.45 bits per heavy atom. The van der Waals surface area contributed by atoms with Crippen molar-refractivity contribution in [2.45, 2.75) is 19.1 Å². The SMILES string of the molecule is CC(C)S.[Cr].[c-]1ccccc1. The fourth-order valence-electron chi connectivity index (χ4n) is 0.342. The normalized spacial score (nSPS) is 7.64. The average molecular weight is 205 g/mol. The monoisotopic (exact) mass is 205 g/mol. The fraction of sp³-hybridized carbons (Fsp3) is 0.333. The molecular formula is C9H13CrS-. The van der Waals surface area contributed by atoms with Gasteiger partial charge in [-0.1, -0.05) is 13.8 Å². The molecule has 0 aliphatic rings. The standard InChI is InChI=1S/C6H5.C3H8S.Cr/c1-2-4-6-5-3-1;1-3(2)4;/h1-5H;3-4H,1-2H3;/q-1;;. The Kier molecular flexibility index (Phi) is 12.6. The van der Waals surface area contributed by atoms with Gasteiger partial charge in [0.1, 0.15) is 0 Å². The van der Waals surface area contributed by atoms with Gasteiger partial charge in [-0.25, -0.2) is 0 Å². The molecule has 0 heterocycles. The topological polar surface area (TPSA) is 0 Å². The summed E-state index contributed by atoms with van der Waals surface area (Å²) < 4.78 is 0. The molecule has 0 aliphatic carbocycles. The van der Waals surface area contributed by atoms with Gasteiger partial charge in [-0.05, 0) is 5.25 Å². The molecule has 1 aromatic carbocycles. The Bertz CT molecular complexity index is 110. The predicted octanol–water partition coefficient (Wildman–Crippen LogP) is 2.81. The minimum absolute atomic E-state index is 0. The van der Waals surface area contributed by atoms with E-state index in [9.17, 15) is 0 Å². The minimum atomic E-state index is 0. The molecule has 0 spiro atoms. The Balaban J connectivity index is 0. The first-order valence-corrected chi connectivity index (χ1v) is 3.84. The van der Waals surface area contributed by atoms with E-state index in [2.05, 4.69) is 18.7 Å². The van der Waals surface area contributed by atoms with Crippen molar-refractivity contribution >= 4 is 12.6 Å². The van der Waals surface area contributed by atoms with Gasteiger partial charge in [-0.15, -0.1) is 0 Å². The van der Waals surface area contributed by atoms with Crippen LogP contribution in [0.15, 0.2) is 30.3 Å². The van der Waals surface area contributed by atoms with Crippen LogP contribution in [0, 0.1) is 6.07 Å². The molecule has 0 N–H and O–H groups in total. The summed E-state index contributed by atoms with van der Waals surface area (Å²) in [6.45, 7) is 4.06. The van der Waals surface area contributed by atoms with Crippen LogP contribution in [0.3, 0.4) is 0 Å². The Morgan fingerprint density at radius 1 is 1.09 bits per heavy atom. The molecule has 1 aromatic rings. The zero-order valence-electron chi connectivity index (χ0n) is 6.82. The first kappa shape index (κ1) is 13.7. The fourth-order valence-corrected chi connectivity index (χ4v) is 0.342. The minimum Gasteiger partial charge on any atom is -0.184 e. The molecule has 0 atom stereocenters. The summed E-state index contributed by atoms with van der Waals surface area (Å²) in [6.07, 6.45) is 0. The average Bonchev–Trinajstić information content (AvgIpc) is 1.90. The van der Waals surface area contributed by atoms with Crippen molar-refractivity contribution in [1.82, 2.24) is 0 Å². The summed E-state index contributed by atoms with van der Waals surface area (Å²) >= 11 is 3.97. The molecule has 0 bridgehead atoms. The van der Waals surface area contributed by atoms with Crippen molar-refractivity contribution in [1.29, 1.82) is 0 Å². The number of hydrogen-bond donors (Lipinski definition) is 1. The van der Waals surface area contributed by atoms with Crippen LogP contribution in [0.2, 0.25) is 0 Å². The van der Waals surface area contributed by atoms with E-state index < -0.39 is 0 Å². The summed E-state index contributed by atoms with van der Waals surface area (Å²) in [5.41, 5.74) is 0. The van der Waals surface area contributed by atoms with Gasteiger partial charge >= 0.3 is 0 Å². The summed E-state index contributed by atoms with van der Waals surface area (Å²) in [5.74, 6) is 0. The van der Waals surface area contributed by atoms with Crippen LogP contribution < -0.4 is 0 Å². The van der Waals surface area contributed by atoms with E-state index in [0.29, 0.717) is 5.25 Å². The molecule has 0 saturated heterocycles. The van der Waals surface area contributed by atoms with Gasteiger partial charge < -0.3 is 0 Å². The van der Waals surface area contributed by atoms with Crippen molar-refractivity contribution in [2.24, 2.45) is 0 Å². The van der Waals surface area contributed by atoms with E-state index in [0.717, 1.165) is 0 Å². The van der Waals surface area contributed by atoms with Crippen molar-refractivity contribution in [2.75, 3.05) is 0 Å². The van der Waals surface area contributed by atoms with E-state index in [1.165, 1.54) is 0 Å². The smallest absolute Gasteiger partial charge is 0 e. The number of benzene rings is 1. The van der Waals surface area contributed by atoms with E-state index in [1.807, 2.05) is 44.2 Å². The van der Waals surface area contributed by atoms with E-state index in [1.54, 1.807) is 0 Å². The van der Waals surface area contributed by atoms with Crippen molar-refractivity contribution < 1.29 is 17.4 Å². The molecule has 0 amide bonds. The Hall–Kier alpha value is 0.102. The first-order valence-electron chi connectivity index (χ1n) is 3.32. The second kappa shape index (κ2) is 10.1. The maximum Gasteiger partial charge on any atom is 0 e. The van der Waals surface area contributed by atoms with Crippen LogP contribution in [0.25, 0.3) is 0 Å². The van der Waals surface area contributed by atoms with Crippen LogP contribution in [0.4, 0.5) is 0 Å². The van der Waals surface area contributed by atoms with Crippen LogP contribution in [0.1, 0.15) is 13.8 Å². The summed E-state index contributed by atoms with van der Waals surface area (Å²) in [4.78, 5) is 0. The van der Waals surface area contributed by atoms with Crippen LogP contribution in [-0.4, -0.2) is 5.25 Å². The van der Waals surface area contributed by atoms with Crippen LogP contribution in [-0.2, 0) is 17.4 Å². The largest absolute Gasteiger partial charge is 0.184 e. The zero-order chi connectivity index (χ0) is 7.82. The van der Waals surface area contributed by atoms with Gasteiger partial charge in [0.25, 0.3) is 0 Å². The number of hydrogen-bond acceptors (Lipinski definition) is 1. The molecule has 0 radical (unpaired) electrons. The third-order valence-corrected chi connectivity index (χ3v) is 0.607. The maximum absolute atomic E-state index is 3.97.